The lowest BCUT2D eigenvalue weighted by molar-refractivity contribution is 0.00578. The molecule has 1 aliphatic rings. The standard InChI is InChI=1S/C15H18BF3O2S/c1-14(2)15(3,4)21-16(20-14)9(8-22)7-10-11(17)5-6-12(18)13(10)19/h5-7,22H,8H2,1-4H3. The minimum Gasteiger partial charge on any atom is -0.400 e. The number of thiol groups is 1. The summed E-state index contributed by atoms with van der Waals surface area (Å²) in [6, 6.07) is 1.63. The summed E-state index contributed by atoms with van der Waals surface area (Å²) in [7, 11) is -0.787. The van der Waals surface area contributed by atoms with Gasteiger partial charge in [-0.05, 0) is 45.3 Å². The molecule has 0 saturated carbocycles. The van der Waals surface area contributed by atoms with Gasteiger partial charge in [0.1, 0.15) is 5.82 Å². The van der Waals surface area contributed by atoms with Gasteiger partial charge in [-0.1, -0.05) is 6.08 Å². The van der Waals surface area contributed by atoms with Crippen molar-refractivity contribution in [3.8, 4) is 0 Å². The fourth-order valence-electron chi connectivity index (χ4n) is 2.04. The average molecular weight is 330 g/mol. The van der Waals surface area contributed by atoms with Gasteiger partial charge in [-0.25, -0.2) is 13.2 Å². The molecule has 0 atom stereocenters. The van der Waals surface area contributed by atoms with E-state index in [9.17, 15) is 13.2 Å². The van der Waals surface area contributed by atoms with E-state index < -0.39 is 41.3 Å². The first kappa shape index (κ1) is 17.4. The molecule has 0 N–H and O–H groups in total. The number of hydrogen-bond donors (Lipinski definition) is 1. The van der Waals surface area contributed by atoms with Gasteiger partial charge in [-0.15, -0.1) is 0 Å². The molecule has 120 valence electrons. The van der Waals surface area contributed by atoms with Gasteiger partial charge in [0, 0.05) is 11.3 Å². The normalized spacial score (nSPS) is 20.5. The van der Waals surface area contributed by atoms with Crippen LogP contribution in [0, 0.1) is 17.5 Å². The summed E-state index contributed by atoms with van der Waals surface area (Å²) in [5.74, 6) is -3.04. The molecule has 1 saturated heterocycles. The molecule has 1 aliphatic heterocycles. The van der Waals surface area contributed by atoms with Crippen molar-refractivity contribution in [1.82, 2.24) is 0 Å². The van der Waals surface area contributed by atoms with Gasteiger partial charge in [0.25, 0.3) is 0 Å². The van der Waals surface area contributed by atoms with Gasteiger partial charge in [0.15, 0.2) is 11.6 Å². The lowest BCUT2D eigenvalue weighted by Gasteiger charge is -2.32. The lowest BCUT2D eigenvalue weighted by Crippen LogP contribution is -2.41. The molecule has 2 rings (SSSR count). The van der Waals surface area contributed by atoms with Crippen molar-refractivity contribution in [3.05, 3.63) is 40.6 Å². The van der Waals surface area contributed by atoms with Crippen LogP contribution in [0.3, 0.4) is 0 Å². The molecule has 0 unspecified atom stereocenters. The van der Waals surface area contributed by atoms with Gasteiger partial charge < -0.3 is 9.31 Å². The van der Waals surface area contributed by atoms with E-state index in [1.54, 1.807) is 0 Å². The van der Waals surface area contributed by atoms with Crippen molar-refractivity contribution in [2.45, 2.75) is 38.9 Å². The number of benzene rings is 1. The van der Waals surface area contributed by atoms with Crippen LogP contribution in [0.5, 0.6) is 0 Å². The van der Waals surface area contributed by atoms with Crippen LogP contribution in [0.15, 0.2) is 17.6 Å². The van der Waals surface area contributed by atoms with E-state index in [-0.39, 0.29) is 5.75 Å². The van der Waals surface area contributed by atoms with Gasteiger partial charge in [-0.2, -0.15) is 12.6 Å². The number of rotatable bonds is 3. The molecular formula is C15H18BF3O2S. The molecule has 0 bridgehead atoms. The Morgan fingerprint density at radius 1 is 1.09 bits per heavy atom. The molecular weight excluding hydrogens is 312 g/mol. The smallest absolute Gasteiger partial charge is 0.400 e. The third-order valence-electron chi connectivity index (χ3n) is 4.15. The van der Waals surface area contributed by atoms with Crippen LogP contribution in [0.25, 0.3) is 6.08 Å². The average Bonchev–Trinajstić information content (AvgIpc) is 2.63. The topological polar surface area (TPSA) is 18.5 Å². The van der Waals surface area contributed by atoms with Crippen LogP contribution < -0.4 is 0 Å². The quantitative estimate of drug-likeness (QED) is 0.512. The molecule has 7 heteroatoms. The summed E-state index contributed by atoms with van der Waals surface area (Å²) < 4.78 is 52.5. The highest BCUT2D eigenvalue weighted by Crippen LogP contribution is 2.39. The van der Waals surface area contributed by atoms with Gasteiger partial charge in [0.2, 0.25) is 0 Å². The van der Waals surface area contributed by atoms with Crippen molar-refractivity contribution in [2.24, 2.45) is 0 Å². The number of halogens is 3. The maximum absolute atomic E-state index is 13.8. The Hall–Kier alpha value is -0.915. The Kier molecular flexibility index (Phi) is 4.71. The SMILES string of the molecule is CC1(C)OB(C(=Cc2c(F)ccc(F)c2F)CS)OC1(C)C. The Balaban J connectivity index is 2.40. The second kappa shape index (κ2) is 5.94. The Bertz CT molecular complexity index is 601. The lowest BCUT2D eigenvalue weighted by atomic mass is 9.78. The Morgan fingerprint density at radius 2 is 1.59 bits per heavy atom. The van der Waals surface area contributed by atoms with E-state index in [0.29, 0.717) is 5.47 Å². The van der Waals surface area contributed by atoms with Crippen molar-refractivity contribution in [1.29, 1.82) is 0 Å². The van der Waals surface area contributed by atoms with E-state index in [1.165, 1.54) is 6.08 Å². The minimum absolute atomic E-state index is 0.159. The summed E-state index contributed by atoms with van der Waals surface area (Å²) in [4.78, 5) is 0. The minimum atomic E-state index is -1.24. The van der Waals surface area contributed by atoms with Crippen molar-refractivity contribution < 1.29 is 22.5 Å². The first-order valence-corrected chi connectivity index (χ1v) is 7.53. The molecule has 1 aromatic rings. The predicted octanol–water partition coefficient (Wildman–Crippen LogP) is 4.05. The van der Waals surface area contributed by atoms with Crippen LogP contribution in [-0.4, -0.2) is 24.1 Å². The molecule has 22 heavy (non-hydrogen) atoms. The molecule has 0 aromatic heterocycles. The summed E-state index contributed by atoms with van der Waals surface area (Å²) >= 11 is 4.16. The zero-order valence-electron chi connectivity index (χ0n) is 12.9. The maximum Gasteiger partial charge on any atom is 0.491 e. The second-order valence-electron chi connectivity index (χ2n) is 6.22. The van der Waals surface area contributed by atoms with E-state index in [1.807, 2.05) is 27.7 Å². The molecule has 1 heterocycles. The highest BCUT2D eigenvalue weighted by Gasteiger charge is 2.52. The molecule has 0 aliphatic carbocycles. The second-order valence-corrected chi connectivity index (χ2v) is 6.54. The summed E-state index contributed by atoms with van der Waals surface area (Å²) in [5, 5.41) is 0. The summed E-state index contributed by atoms with van der Waals surface area (Å²) in [6.45, 7) is 7.47. The van der Waals surface area contributed by atoms with Crippen molar-refractivity contribution in [3.63, 3.8) is 0 Å². The molecule has 1 aromatic carbocycles. The summed E-state index contributed by atoms with van der Waals surface area (Å²) in [6.07, 6.45) is 1.20. The van der Waals surface area contributed by atoms with Crippen LogP contribution in [0.1, 0.15) is 33.3 Å². The van der Waals surface area contributed by atoms with E-state index in [2.05, 4.69) is 12.6 Å². The van der Waals surface area contributed by atoms with Crippen molar-refractivity contribution >= 4 is 25.8 Å². The monoisotopic (exact) mass is 330 g/mol. The first-order valence-electron chi connectivity index (χ1n) is 6.89. The Morgan fingerprint density at radius 3 is 2.09 bits per heavy atom. The van der Waals surface area contributed by atoms with Crippen LogP contribution in [0.2, 0.25) is 0 Å². The highest BCUT2D eigenvalue weighted by molar-refractivity contribution is 7.80. The van der Waals surface area contributed by atoms with Crippen molar-refractivity contribution in [2.75, 3.05) is 5.75 Å². The zero-order valence-corrected chi connectivity index (χ0v) is 13.8. The van der Waals surface area contributed by atoms with E-state index in [0.717, 1.165) is 12.1 Å². The molecule has 2 nitrogen and oxygen atoms in total. The highest BCUT2D eigenvalue weighted by atomic mass is 32.1. The third kappa shape index (κ3) is 3.07. The molecule has 0 spiro atoms. The van der Waals surface area contributed by atoms with Gasteiger partial charge in [0.05, 0.1) is 11.2 Å². The van der Waals surface area contributed by atoms with Crippen LogP contribution in [-0.2, 0) is 9.31 Å². The third-order valence-corrected chi connectivity index (χ3v) is 4.51. The first-order chi connectivity index (χ1) is 10.1. The molecule has 0 radical (unpaired) electrons. The predicted molar refractivity (Wildman–Crippen MR) is 84.2 cm³/mol. The Labute approximate surface area is 134 Å². The summed E-state index contributed by atoms with van der Waals surface area (Å²) in [5.41, 5.74) is -1.21. The van der Waals surface area contributed by atoms with Crippen LogP contribution in [0.4, 0.5) is 13.2 Å². The fraction of sp³-hybridized carbons (Fsp3) is 0.467. The van der Waals surface area contributed by atoms with Gasteiger partial charge in [-0.3, -0.25) is 0 Å². The van der Waals surface area contributed by atoms with E-state index >= 15 is 0 Å². The van der Waals surface area contributed by atoms with Crippen LogP contribution >= 0.6 is 12.6 Å². The van der Waals surface area contributed by atoms with Gasteiger partial charge >= 0.3 is 7.12 Å². The fourth-order valence-corrected chi connectivity index (χ4v) is 2.28. The maximum atomic E-state index is 13.8. The van der Waals surface area contributed by atoms with E-state index in [4.69, 9.17) is 9.31 Å². The molecule has 1 fully saturated rings. The number of hydrogen-bond acceptors (Lipinski definition) is 3. The zero-order chi connectivity index (χ0) is 16.7. The largest absolute Gasteiger partial charge is 0.491 e. The molecule has 0 amide bonds.